The van der Waals surface area contributed by atoms with Crippen LogP contribution in [-0.2, 0) is 0 Å². The van der Waals surface area contributed by atoms with E-state index in [1.54, 1.807) is 0 Å². The van der Waals surface area contributed by atoms with Gasteiger partial charge in [-0.15, -0.1) is 0 Å². The highest BCUT2D eigenvalue weighted by Crippen LogP contribution is 2.28. The first kappa shape index (κ1) is 16.4. The maximum absolute atomic E-state index is 12.7. The molecule has 2 aromatic rings. The molecule has 126 valence electrons. The number of nitrogens with zero attached hydrogens (tertiary/aromatic N) is 2. The third kappa shape index (κ3) is 3.09. The van der Waals surface area contributed by atoms with Crippen LogP contribution in [0.4, 0.5) is 5.69 Å². The van der Waals surface area contributed by atoms with Crippen LogP contribution in [0.25, 0.3) is 0 Å². The smallest absolute Gasteiger partial charge is 0.256 e. The third-order valence-corrected chi connectivity index (χ3v) is 4.44. The molecule has 3 rings (SSSR count). The summed E-state index contributed by atoms with van der Waals surface area (Å²) in [7, 11) is 3.91. The normalized spacial score (nSPS) is 14.2. The van der Waals surface area contributed by atoms with Gasteiger partial charge in [-0.05, 0) is 37.1 Å². The Kier molecular flexibility index (Phi) is 4.47. The van der Waals surface area contributed by atoms with Gasteiger partial charge in [-0.1, -0.05) is 30.3 Å². The van der Waals surface area contributed by atoms with Crippen molar-refractivity contribution in [2.45, 2.75) is 20.0 Å². The molecule has 2 aromatic carbocycles. The molecule has 0 atom stereocenters. The largest absolute Gasteiger partial charge is 0.486 e. The number of carbonyl (C=O) groups excluding carboxylic acids is 1. The summed E-state index contributed by atoms with van der Waals surface area (Å²) in [4.78, 5) is 16.5. The van der Waals surface area contributed by atoms with Gasteiger partial charge in [0.1, 0.15) is 11.9 Å². The van der Waals surface area contributed by atoms with E-state index in [0.29, 0.717) is 13.1 Å². The third-order valence-electron chi connectivity index (χ3n) is 4.44. The summed E-state index contributed by atoms with van der Waals surface area (Å²) < 4.78 is 6.10. The predicted molar refractivity (Wildman–Crippen MR) is 97.0 cm³/mol. The van der Waals surface area contributed by atoms with Crippen molar-refractivity contribution >= 4 is 11.6 Å². The van der Waals surface area contributed by atoms with E-state index in [1.165, 1.54) is 0 Å². The van der Waals surface area contributed by atoms with Crippen LogP contribution in [0.2, 0.25) is 0 Å². The number of benzene rings is 2. The number of likely N-dealkylation sites (tertiary alicyclic amines) is 1. The van der Waals surface area contributed by atoms with E-state index in [9.17, 15) is 4.79 Å². The Hall–Kier alpha value is -2.49. The summed E-state index contributed by atoms with van der Waals surface area (Å²) >= 11 is 0. The maximum Gasteiger partial charge on any atom is 0.256 e. The number of carbonyl (C=O) groups is 1. The zero-order valence-corrected chi connectivity index (χ0v) is 14.7. The van der Waals surface area contributed by atoms with Gasteiger partial charge in [0.15, 0.2) is 0 Å². The Morgan fingerprint density at radius 1 is 1.04 bits per heavy atom. The van der Waals surface area contributed by atoms with E-state index in [2.05, 4.69) is 26.0 Å². The number of ether oxygens (including phenoxy) is 1. The number of rotatable bonds is 4. The second-order valence-corrected chi connectivity index (χ2v) is 6.58. The molecule has 1 aliphatic heterocycles. The summed E-state index contributed by atoms with van der Waals surface area (Å²) in [6.07, 6.45) is 0.0697. The first-order valence-electron chi connectivity index (χ1n) is 8.26. The van der Waals surface area contributed by atoms with E-state index in [4.69, 9.17) is 4.74 Å². The Morgan fingerprint density at radius 3 is 2.29 bits per heavy atom. The van der Waals surface area contributed by atoms with Crippen molar-refractivity contribution in [3.8, 4) is 5.75 Å². The Bertz CT molecular complexity index is 729. The summed E-state index contributed by atoms with van der Waals surface area (Å²) in [6.45, 7) is 5.37. The van der Waals surface area contributed by atoms with Gasteiger partial charge in [0.05, 0.1) is 18.7 Å². The number of hydrogen-bond acceptors (Lipinski definition) is 3. The van der Waals surface area contributed by atoms with Crippen LogP contribution < -0.4 is 9.64 Å². The molecule has 0 N–H and O–H groups in total. The Balaban J connectivity index is 1.66. The van der Waals surface area contributed by atoms with Crippen molar-refractivity contribution in [1.29, 1.82) is 0 Å². The van der Waals surface area contributed by atoms with E-state index in [-0.39, 0.29) is 12.0 Å². The summed E-state index contributed by atoms with van der Waals surface area (Å²) in [5.41, 5.74) is 3.96. The molecule has 24 heavy (non-hydrogen) atoms. The lowest BCUT2D eigenvalue weighted by molar-refractivity contribution is 0.0173. The second kappa shape index (κ2) is 6.56. The molecular weight excluding hydrogens is 300 g/mol. The summed E-state index contributed by atoms with van der Waals surface area (Å²) in [5.74, 6) is 1.02. The van der Waals surface area contributed by atoms with E-state index < -0.39 is 0 Å². The van der Waals surface area contributed by atoms with E-state index in [1.807, 2.05) is 54.2 Å². The summed E-state index contributed by atoms with van der Waals surface area (Å²) in [5, 5.41) is 0. The number of amides is 1. The van der Waals surface area contributed by atoms with Crippen molar-refractivity contribution in [3.05, 3.63) is 59.2 Å². The molecule has 0 aliphatic carbocycles. The van der Waals surface area contributed by atoms with Crippen LogP contribution in [0, 0.1) is 13.8 Å². The zero-order chi connectivity index (χ0) is 17.3. The first-order valence-corrected chi connectivity index (χ1v) is 8.26. The van der Waals surface area contributed by atoms with Crippen LogP contribution >= 0.6 is 0 Å². The molecule has 1 saturated heterocycles. The average Bonchev–Trinajstić information content (AvgIpc) is 2.52. The predicted octanol–water partition coefficient (Wildman–Crippen LogP) is 3.27. The highest BCUT2D eigenvalue weighted by atomic mass is 16.5. The number of para-hydroxylation sites is 2. The maximum atomic E-state index is 12.7. The van der Waals surface area contributed by atoms with Gasteiger partial charge >= 0.3 is 0 Å². The van der Waals surface area contributed by atoms with Gasteiger partial charge in [-0.2, -0.15) is 0 Å². The van der Waals surface area contributed by atoms with Crippen molar-refractivity contribution in [2.75, 3.05) is 32.1 Å². The quantitative estimate of drug-likeness (QED) is 0.865. The van der Waals surface area contributed by atoms with Gasteiger partial charge in [0.25, 0.3) is 5.91 Å². The lowest BCUT2D eigenvalue weighted by atomic mass is 10.1. The summed E-state index contributed by atoms with van der Waals surface area (Å²) in [6, 6.07) is 13.9. The highest BCUT2D eigenvalue weighted by molar-refractivity contribution is 6.00. The fourth-order valence-electron chi connectivity index (χ4n) is 3.05. The zero-order valence-electron chi connectivity index (χ0n) is 14.7. The van der Waals surface area contributed by atoms with E-state index >= 15 is 0 Å². The first-order chi connectivity index (χ1) is 11.5. The van der Waals surface area contributed by atoms with Crippen LogP contribution in [0.15, 0.2) is 42.5 Å². The minimum atomic E-state index is 0.0697. The van der Waals surface area contributed by atoms with Gasteiger partial charge in [-0.3, -0.25) is 4.79 Å². The molecule has 1 amide bonds. The molecule has 1 fully saturated rings. The molecule has 1 heterocycles. The monoisotopic (exact) mass is 324 g/mol. The van der Waals surface area contributed by atoms with Gasteiger partial charge in [0, 0.05) is 19.8 Å². The van der Waals surface area contributed by atoms with Crippen molar-refractivity contribution in [1.82, 2.24) is 4.90 Å². The van der Waals surface area contributed by atoms with Gasteiger partial charge in [0.2, 0.25) is 0 Å². The minimum Gasteiger partial charge on any atom is -0.486 e. The standard InChI is InChI=1S/C20H24N2O2/c1-14-8-7-9-15(2)19(14)24-16-12-22(13-16)20(23)17-10-5-6-11-18(17)21(3)4/h5-11,16H,12-13H2,1-4H3. The molecule has 4 heteroatoms. The molecule has 1 aliphatic rings. The molecule has 4 nitrogen and oxygen atoms in total. The second-order valence-electron chi connectivity index (χ2n) is 6.58. The Labute approximate surface area is 143 Å². The lowest BCUT2D eigenvalue weighted by Crippen LogP contribution is -2.56. The number of anilines is 1. The highest BCUT2D eigenvalue weighted by Gasteiger charge is 2.34. The number of hydrogen-bond donors (Lipinski definition) is 0. The van der Waals surface area contributed by atoms with Gasteiger partial charge < -0.3 is 14.5 Å². The molecule has 0 bridgehead atoms. The van der Waals surface area contributed by atoms with Crippen molar-refractivity contribution < 1.29 is 9.53 Å². The lowest BCUT2D eigenvalue weighted by Gasteiger charge is -2.40. The molecule has 0 unspecified atom stereocenters. The minimum absolute atomic E-state index is 0.0697. The van der Waals surface area contributed by atoms with Crippen LogP contribution in [0.5, 0.6) is 5.75 Å². The topological polar surface area (TPSA) is 32.8 Å². The van der Waals surface area contributed by atoms with Crippen molar-refractivity contribution in [2.24, 2.45) is 0 Å². The average molecular weight is 324 g/mol. The fourth-order valence-corrected chi connectivity index (χ4v) is 3.05. The van der Waals surface area contributed by atoms with Gasteiger partial charge in [-0.25, -0.2) is 0 Å². The Morgan fingerprint density at radius 2 is 1.67 bits per heavy atom. The molecular formula is C20H24N2O2. The van der Waals surface area contributed by atoms with Crippen molar-refractivity contribution in [3.63, 3.8) is 0 Å². The van der Waals surface area contributed by atoms with Crippen LogP contribution in [0.1, 0.15) is 21.5 Å². The van der Waals surface area contributed by atoms with E-state index in [0.717, 1.165) is 28.1 Å². The SMILES string of the molecule is Cc1cccc(C)c1OC1CN(C(=O)c2ccccc2N(C)C)C1. The number of aryl methyl sites for hydroxylation is 2. The molecule has 0 spiro atoms. The fraction of sp³-hybridized carbons (Fsp3) is 0.350. The molecule has 0 radical (unpaired) electrons. The van der Waals surface area contributed by atoms with Crippen LogP contribution in [0.3, 0.4) is 0 Å². The van der Waals surface area contributed by atoms with Crippen LogP contribution in [-0.4, -0.2) is 44.1 Å². The molecule has 0 saturated carbocycles. The molecule has 0 aromatic heterocycles.